The van der Waals surface area contributed by atoms with E-state index >= 15 is 0 Å². The summed E-state index contributed by atoms with van der Waals surface area (Å²) in [7, 11) is -0.601. The van der Waals surface area contributed by atoms with Crippen LogP contribution in [0.15, 0.2) is 60.7 Å². The fourth-order valence-corrected chi connectivity index (χ4v) is 2.97. The van der Waals surface area contributed by atoms with E-state index in [4.69, 9.17) is 19.0 Å². The molecule has 0 aliphatic heterocycles. The van der Waals surface area contributed by atoms with Gasteiger partial charge in [0.1, 0.15) is 5.60 Å². The topological polar surface area (TPSA) is 58.9 Å². The van der Waals surface area contributed by atoms with Crippen LogP contribution in [0, 0.1) is 0 Å². The molecule has 2 aromatic carbocycles. The third kappa shape index (κ3) is 4.13. The number of rotatable bonds is 8. The molecule has 0 unspecified atom stereocenters. The minimum absolute atomic E-state index is 0.281. The molecule has 0 radical (unpaired) electrons. The van der Waals surface area contributed by atoms with Crippen molar-refractivity contribution in [2.24, 2.45) is 0 Å². The van der Waals surface area contributed by atoms with Crippen LogP contribution in [0.4, 0.5) is 0 Å². The fourth-order valence-electron chi connectivity index (χ4n) is 2.68. The summed E-state index contributed by atoms with van der Waals surface area (Å²) < 4.78 is 10.8. The van der Waals surface area contributed by atoms with Crippen LogP contribution in [0.25, 0.3) is 0 Å². The maximum atomic E-state index is 8.84. The maximum Gasteiger partial charge on any atom is 0.327 e. The monoisotopic (exact) mass is 320 g/mol. The van der Waals surface area contributed by atoms with Gasteiger partial charge in [0.25, 0.3) is 0 Å². The van der Waals surface area contributed by atoms with Crippen LogP contribution >= 0.6 is 8.60 Å². The second-order valence-electron chi connectivity index (χ2n) is 4.95. The molecule has 0 aliphatic rings. The Bertz CT molecular complexity index is 506. The molecule has 0 heterocycles. The SMILES string of the molecule is COC(CCCOP(O)O)(c1ccccc1)c1ccccc1. The van der Waals surface area contributed by atoms with E-state index in [0.29, 0.717) is 12.8 Å². The van der Waals surface area contributed by atoms with Crippen LogP contribution in [0.5, 0.6) is 0 Å². The van der Waals surface area contributed by atoms with Crippen LogP contribution in [-0.2, 0) is 14.9 Å². The van der Waals surface area contributed by atoms with Crippen LogP contribution in [-0.4, -0.2) is 23.5 Å². The van der Waals surface area contributed by atoms with Crippen molar-refractivity contribution in [1.82, 2.24) is 0 Å². The molecule has 0 fully saturated rings. The Balaban J connectivity index is 2.27. The van der Waals surface area contributed by atoms with Gasteiger partial charge in [0.05, 0.1) is 6.61 Å². The van der Waals surface area contributed by atoms with Crippen LogP contribution < -0.4 is 0 Å². The van der Waals surface area contributed by atoms with Crippen LogP contribution in [0.3, 0.4) is 0 Å². The highest BCUT2D eigenvalue weighted by Crippen LogP contribution is 2.38. The molecule has 0 aliphatic carbocycles. The van der Waals surface area contributed by atoms with Crippen molar-refractivity contribution in [2.75, 3.05) is 13.7 Å². The molecule has 4 nitrogen and oxygen atoms in total. The Morgan fingerprint density at radius 2 is 1.41 bits per heavy atom. The highest BCUT2D eigenvalue weighted by Gasteiger charge is 2.33. The summed E-state index contributed by atoms with van der Waals surface area (Å²) in [5, 5.41) is 0. The second-order valence-corrected chi connectivity index (χ2v) is 5.72. The molecule has 0 aromatic heterocycles. The van der Waals surface area contributed by atoms with Gasteiger partial charge in [0.2, 0.25) is 0 Å². The van der Waals surface area contributed by atoms with E-state index in [1.165, 1.54) is 0 Å². The highest BCUT2D eigenvalue weighted by atomic mass is 31.2. The number of hydrogen-bond donors (Lipinski definition) is 2. The minimum atomic E-state index is -2.30. The minimum Gasteiger partial charge on any atom is -0.369 e. The highest BCUT2D eigenvalue weighted by molar-refractivity contribution is 7.39. The molecule has 2 N–H and O–H groups in total. The van der Waals surface area contributed by atoms with Gasteiger partial charge >= 0.3 is 8.60 Å². The molecule has 0 atom stereocenters. The Kier molecular flexibility index (Phi) is 6.49. The van der Waals surface area contributed by atoms with E-state index in [1.807, 2.05) is 60.7 Å². The number of hydrogen-bond acceptors (Lipinski definition) is 4. The van der Waals surface area contributed by atoms with E-state index in [0.717, 1.165) is 11.1 Å². The molecule has 22 heavy (non-hydrogen) atoms. The number of methoxy groups -OCH3 is 1. The van der Waals surface area contributed by atoms with Crippen LogP contribution in [0.1, 0.15) is 24.0 Å². The molecule has 2 aromatic rings. The fraction of sp³-hybridized carbons (Fsp3) is 0.294. The molecule has 118 valence electrons. The van der Waals surface area contributed by atoms with Gasteiger partial charge in [0, 0.05) is 7.11 Å². The van der Waals surface area contributed by atoms with Crippen molar-refractivity contribution in [1.29, 1.82) is 0 Å². The van der Waals surface area contributed by atoms with E-state index in [2.05, 4.69) is 0 Å². The van der Waals surface area contributed by atoms with Crippen molar-refractivity contribution in [2.45, 2.75) is 18.4 Å². The second kappa shape index (κ2) is 8.37. The lowest BCUT2D eigenvalue weighted by molar-refractivity contribution is 0.00971. The zero-order valence-corrected chi connectivity index (χ0v) is 13.4. The first-order chi connectivity index (χ1) is 10.7. The first-order valence-electron chi connectivity index (χ1n) is 7.16. The lowest BCUT2D eigenvalue weighted by Crippen LogP contribution is -2.30. The van der Waals surface area contributed by atoms with Gasteiger partial charge in [-0.2, -0.15) is 0 Å². The largest absolute Gasteiger partial charge is 0.369 e. The zero-order valence-electron chi connectivity index (χ0n) is 12.6. The van der Waals surface area contributed by atoms with Gasteiger partial charge in [0.15, 0.2) is 0 Å². The predicted octanol–water partition coefficient (Wildman–Crippen LogP) is 3.58. The van der Waals surface area contributed by atoms with Gasteiger partial charge < -0.3 is 19.0 Å². The van der Waals surface area contributed by atoms with Crippen molar-refractivity contribution in [3.63, 3.8) is 0 Å². The van der Waals surface area contributed by atoms with E-state index in [1.54, 1.807) is 7.11 Å². The summed E-state index contributed by atoms with van der Waals surface area (Å²) in [6.07, 6.45) is 1.33. The summed E-state index contributed by atoms with van der Waals surface area (Å²) in [6.45, 7) is 0.281. The van der Waals surface area contributed by atoms with Crippen molar-refractivity contribution in [3.8, 4) is 0 Å². The summed E-state index contributed by atoms with van der Waals surface area (Å²) in [4.78, 5) is 17.7. The molecule has 2 rings (SSSR count). The first-order valence-corrected chi connectivity index (χ1v) is 8.32. The molecule has 5 heteroatoms. The third-order valence-corrected chi connectivity index (χ3v) is 4.12. The molecule has 0 saturated carbocycles. The van der Waals surface area contributed by atoms with Crippen molar-refractivity contribution >= 4 is 8.60 Å². The lowest BCUT2D eigenvalue weighted by Gasteiger charge is -2.34. The van der Waals surface area contributed by atoms with Crippen molar-refractivity contribution < 1.29 is 19.0 Å². The Morgan fingerprint density at radius 3 is 1.82 bits per heavy atom. The normalized spacial score (nSPS) is 11.8. The molecule has 0 bridgehead atoms. The number of benzene rings is 2. The average Bonchev–Trinajstić information content (AvgIpc) is 2.57. The maximum absolute atomic E-state index is 8.84. The summed E-state index contributed by atoms with van der Waals surface area (Å²) in [5.74, 6) is 0. The lowest BCUT2D eigenvalue weighted by atomic mass is 9.82. The van der Waals surface area contributed by atoms with Gasteiger partial charge in [-0.05, 0) is 24.0 Å². The van der Waals surface area contributed by atoms with Gasteiger partial charge in [-0.1, -0.05) is 60.7 Å². The van der Waals surface area contributed by atoms with Gasteiger partial charge in [-0.25, -0.2) is 0 Å². The third-order valence-electron chi connectivity index (χ3n) is 3.71. The molecule has 0 saturated heterocycles. The number of ether oxygens (including phenoxy) is 1. The Hall–Kier alpha value is -1.29. The molecular formula is C17H21O4P. The summed E-state index contributed by atoms with van der Waals surface area (Å²) in [5.41, 5.74) is 1.57. The average molecular weight is 320 g/mol. The summed E-state index contributed by atoms with van der Waals surface area (Å²) >= 11 is 0. The first kappa shape index (κ1) is 17.1. The smallest absolute Gasteiger partial charge is 0.327 e. The molecular weight excluding hydrogens is 299 g/mol. The zero-order chi connectivity index (χ0) is 15.8. The van der Waals surface area contributed by atoms with Crippen LogP contribution in [0.2, 0.25) is 0 Å². The van der Waals surface area contributed by atoms with Gasteiger partial charge in [-0.15, -0.1) is 0 Å². The van der Waals surface area contributed by atoms with E-state index < -0.39 is 14.2 Å². The molecule has 0 amide bonds. The standard InChI is InChI=1S/C17H21O4P/c1-20-17(13-8-14-21-22(18)19,15-9-4-2-5-10-15)16-11-6-3-7-12-16/h2-7,9-12,18-19H,8,13-14H2,1H3. The summed E-state index contributed by atoms with van der Waals surface area (Å²) in [6, 6.07) is 20.1. The molecule has 0 spiro atoms. The predicted molar refractivity (Wildman–Crippen MR) is 87.2 cm³/mol. The van der Waals surface area contributed by atoms with Gasteiger partial charge in [-0.3, -0.25) is 0 Å². The quantitative estimate of drug-likeness (QED) is 0.576. The van der Waals surface area contributed by atoms with E-state index in [-0.39, 0.29) is 6.61 Å². The Morgan fingerprint density at radius 1 is 0.909 bits per heavy atom. The van der Waals surface area contributed by atoms with E-state index in [9.17, 15) is 0 Å². The Labute approximate surface area is 132 Å². The van der Waals surface area contributed by atoms with Crippen molar-refractivity contribution in [3.05, 3.63) is 71.8 Å².